The fourth-order valence-electron chi connectivity index (χ4n) is 2.48. The number of halogens is 2. The van der Waals surface area contributed by atoms with Gasteiger partial charge < -0.3 is 15.5 Å². The maximum Gasteiger partial charge on any atom is 0.306 e. The number of hydrogen-bond donors (Lipinski definition) is 3. The Morgan fingerprint density at radius 3 is 2.70 bits per heavy atom. The SMILES string of the molecule is O=C(O)C1CCC(O)(CNc2cccc(Cl)c2Br)CC1. The molecule has 6 heteroatoms. The topological polar surface area (TPSA) is 69.6 Å². The van der Waals surface area contributed by atoms with E-state index in [1.807, 2.05) is 12.1 Å². The second-order valence-corrected chi connectivity index (χ2v) is 6.49. The average molecular weight is 363 g/mol. The summed E-state index contributed by atoms with van der Waals surface area (Å²) in [6.45, 7) is 0.387. The predicted molar refractivity (Wildman–Crippen MR) is 82.2 cm³/mol. The number of rotatable bonds is 4. The van der Waals surface area contributed by atoms with Crippen LogP contribution in [-0.4, -0.2) is 28.3 Å². The van der Waals surface area contributed by atoms with Gasteiger partial charge in [-0.2, -0.15) is 0 Å². The van der Waals surface area contributed by atoms with Gasteiger partial charge in [-0.3, -0.25) is 4.79 Å². The molecule has 2 rings (SSSR count). The maximum absolute atomic E-state index is 10.9. The molecule has 1 aliphatic rings. The molecule has 20 heavy (non-hydrogen) atoms. The first kappa shape index (κ1) is 15.6. The van der Waals surface area contributed by atoms with E-state index >= 15 is 0 Å². The van der Waals surface area contributed by atoms with Gasteiger partial charge in [0.2, 0.25) is 0 Å². The van der Waals surface area contributed by atoms with Crippen molar-refractivity contribution in [3.05, 3.63) is 27.7 Å². The van der Waals surface area contributed by atoms with E-state index in [2.05, 4.69) is 21.2 Å². The first-order valence-electron chi connectivity index (χ1n) is 6.54. The van der Waals surface area contributed by atoms with Gasteiger partial charge in [-0.05, 0) is 53.7 Å². The van der Waals surface area contributed by atoms with E-state index < -0.39 is 11.6 Å². The molecule has 110 valence electrons. The van der Waals surface area contributed by atoms with Crippen LogP contribution in [-0.2, 0) is 4.79 Å². The van der Waals surface area contributed by atoms with Crippen LogP contribution in [0.15, 0.2) is 22.7 Å². The van der Waals surface area contributed by atoms with Crippen molar-refractivity contribution in [2.24, 2.45) is 5.92 Å². The highest BCUT2D eigenvalue weighted by Crippen LogP contribution is 2.34. The van der Waals surface area contributed by atoms with E-state index in [0.29, 0.717) is 37.3 Å². The number of benzene rings is 1. The Morgan fingerprint density at radius 2 is 2.10 bits per heavy atom. The fourth-order valence-corrected chi connectivity index (χ4v) is 3.06. The number of aliphatic hydroxyl groups is 1. The van der Waals surface area contributed by atoms with Crippen LogP contribution in [0.3, 0.4) is 0 Å². The Kier molecular flexibility index (Phi) is 4.94. The molecule has 0 bridgehead atoms. The third kappa shape index (κ3) is 3.65. The van der Waals surface area contributed by atoms with E-state index in [-0.39, 0.29) is 5.92 Å². The summed E-state index contributed by atoms with van der Waals surface area (Å²) in [6.07, 6.45) is 2.03. The molecule has 0 saturated heterocycles. The summed E-state index contributed by atoms with van der Waals surface area (Å²) in [6, 6.07) is 5.49. The van der Waals surface area contributed by atoms with Crippen LogP contribution in [0, 0.1) is 5.92 Å². The number of hydrogen-bond acceptors (Lipinski definition) is 3. The lowest BCUT2D eigenvalue weighted by Gasteiger charge is -2.35. The van der Waals surface area contributed by atoms with Crippen LogP contribution < -0.4 is 5.32 Å². The van der Waals surface area contributed by atoms with Crippen molar-refractivity contribution in [1.82, 2.24) is 0 Å². The Labute approximate surface area is 131 Å². The van der Waals surface area contributed by atoms with Crippen LogP contribution in [0.1, 0.15) is 25.7 Å². The number of carbonyl (C=O) groups is 1. The van der Waals surface area contributed by atoms with Crippen molar-refractivity contribution in [1.29, 1.82) is 0 Å². The van der Waals surface area contributed by atoms with E-state index in [4.69, 9.17) is 16.7 Å². The van der Waals surface area contributed by atoms with Crippen molar-refractivity contribution in [2.75, 3.05) is 11.9 Å². The maximum atomic E-state index is 10.9. The zero-order valence-electron chi connectivity index (χ0n) is 10.9. The molecular weight excluding hydrogens is 346 g/mol. The lowest BCUT2D eigenvalue weighted by atomic mass is 9.79. The largest absolute Gasteiger partial charge is 0.481 e. The Morgan fingerprint density at radius 1 is 1.45 bits per heavy atom. The van der Waals surface area contributed by atoms with E-state index in [1.54, 1.807) is 6.07 Å². The van der Waals surface area contributed by atoms with Gasteiger partial charge in [-0.1, -0.05) is 17.7 Å². The van der Waals surface area contributed by atoms with E-state index in [1.165, 1.54) is 0 Å². The summed E-state index contributed by atoms with van der Waals surface area (Å²) >= 11 is 9.41. The van der Waals surface area contributed by atoms with Crippen molar-refractivity contribution in [2.45, 2.75) is 31.3 Å². The molecule has 0 spiro atoms. The molecule has 0 amide bonds. The predicted octanol–water partition coefficient (Wildman–Crippen LogP) is 3.52. The number of anilines is 1. The van der Waals surface area contributed by atoms with E-state index in [0.717, 1.165) is 10.2 Å². The van der Waals surface area contributed by atoms with Crippen molar-refractivity contribution in [3.8, 4) is 0 Å². The van der Waals surface area contributed by atoms with Gasteiger partial charge in [0, 0.05) is 6.54 Å². The molecule has 0 unspecified atom stereocenters. The van der Waals surface area contributed by atoms with Crippen LogP contribution in [0.4, 0.5) is 5.69 Å². The fraction of sp³-hybridized carbons (Fsp3) is 0.500. The number of carboxylic acids is 1. The summed E-state index contributed by atoms with van der Waals surface area (Å²) in [5.41, 5.74) is -0.0282. The molecule has 0 atom stereocenters. The molecule has 0 radical (unpaired) electrons. The smallest absolute Gasteiger partial charge is 0.306 e. The lowest BCUT2D eigenvalue weighted by Crippen LogP contribution is -2.41. The first-order valence-corrected chi connectivity index (χ1v) is 7.71. The minimum atomic E-state index is -0.853. The molecule has 0 heterocycles. The number of aliphatic carboxylic acids is 1. The second kappa shape index (κ2) is 6.33. The number of nitrogens with one attached hydrogen (secondary N) is 1. The quantitative estimate of drug-likeness (QED) is 0.766. The molecular formula is C14H17BrClNO3. The van der Waals surface area contributed by atoms with Crippen LogP contribution in [0.2, 0.25) is 5.02 Å². The molecule has 0 aliphatic heterocycles. The van der Waals surface area contributed by atoms with Gasteiger partial charge in [0.05, 0.1) is 26.7 Å². The van der Waals surface area contributed by atoms with Crippen LogP contribution in [0.25, 0.3) is 0 Å². The number of carboxylic acid groups (broad SMARTS) is 1. The van der Waals surface area contributed by atoms with E-state index in [9.17, 15) is 9.90 Å². The summed E-state index contributed by atoms with van der Waals surface area (Å²) in [4.78, 5) is 10.9. The normalized spacial score (nSPS) is 26.2. The van der Waals surface area contributed by atoms with Gasteiger partial charge in [0.25, 0.3) is 0 Å². The van der Waals surface area contributed by atoms with Crippen LogP contribution >= 0.6 is 27.5 Å². The van der Waals surface area contributed by atoms with Gasteiger partial charge in [0.1, 0.15) is 0 Å². The van der Waals surface area contributed by atoms with Crippen molar-refractivity contribution < 1.29 is 15.0 Å². The molecule has 3 N–H and O–H groups in total. The summed E-state index contributed by atoms with van der Waals surface area (Å²) < 4.78 is 0.768. The molecule has 1 aromatic carbocycles. The minimum absolute atomic E-state index is 0.326. The molecule has 1 fully saturated rings. The highest BCUT2D eigenvalue weighted by molar-refractivity contribution is 9.10. The third-order valence-corrected chi connectivity index (χ3v) is 5.22. The van der Waals surface area contributed by atoms with Gasteiger partial charge in [-0.25, -0.2) is 0 Å². The monoisotopic (exact) mass is 361 g/mol. The Hall–Kier alpha value is -0.780. The van der Waals surface area contributed by atoms with Crippen molar-refractivity contribution >= 4 is 39.2 Å². The molecule has 1 aromatic rings. The minimum Gasteiger partial charge on any atom is -0.481 e. The zero-order valence-corrected chi connectivity index (χ0v) is 13.2. The molecule has 0 aromatic heterocycles. The Bertz CT molecular complexity index is 501. The average Bonchev–Trinajstić information content (AvgIpc) is 2.41. The first-order chi connectivity index (χ1) is 9.41. The second-order valence-electron chi connectivity index (χ2n) is 5.29. The molecule has 4 nitrogen and oxygen atoms in total. The van der Waals surface area contributed by atoms with Gasteiger partial charge >= 0.3 is 5.97 Å². The lowest BCUT2D eigenvalue weighted by molar-refractivity contribution is -0.144. The zero-order chi connectivity index (χ0) is 14.8. The highest BCUT2D eigenvalue weighted by atomic mass is 79.9. The summed E-state index contributed by atoms with van der Waals surface area (Å²) in [5, 5.41) is 23.2. The summed E-state index contributed by atoms with van der Waals surface area (Å²) in [7, 11) is 0. The standard InChI is InChI=1S/C14H17BrClNO3/c15-12-10(16)2-1-3-11(12)17-8-14(20)6-4-9(5-7-14)13(18)19/h1-3,9,17,20H,4-8H2,(H,18,19). The highest BCUT2D eigenvalue weighted by Gasteiger charge is 2.35. The van der Waals surface area contributed by atoms with Crippen molar-refractivity contribution in [3.63, 3.8) is 0 Å². The van der Waals surface area contributed by atoms with Crippen LogP contribution in [0.5, 0.6) is 0 Å². The molecule has 1 aliphatic carbocycles. The molecule has 1 saturated carbocycles. The van der Waals surface area contributed by atoms with Gasteiger partial charge in [0.15, 0.2) is 0 Å². The Balaban J connectivity index is 1.94. The third-order valence-electron chi connectivity index (χ3n) is 3.83. The van der Waals surface area contributed by atoms with Gasteiger partial charge in [-0.15, -0.1) is 0 Å². The summed E-state index contributed by atoms with van der Waals surface area (Å²) in [5.74, 6) is -1.09.